The van der Waals surface area contributed by atoms with E-state index in [1.807, 2.05) is 6.07 Å². The van der Waals surface area contributed by atoms with E-state index in [1.54, 1.807) is 72.8 Å². The first kappa shape index (κ1) is 31.3. The van der Waals surface area contributed by atoms with Crippen LogP contribution in [0, 0.1) is 0 Å². The van der Waals surface area contributed by atoms with Crippen molar-refractivity contribution in [3.8, 4) is 57.5 Å². The van der Waals surface area contributed by atoms with Gasteiger partial charge in [-0.3, -0.25) is 0 Å². The van der Waals surface area contributed by atoms with E-state index in [0.717, 1.165) is 27.8 Å². The molecule has 5 atom stereocenters. The lowest BCUT2D eigenvalue weighted by Crippen LogP contribution is -2.14. The van der Waals surface area contributed by atoms with Crippen LogP contribution in [-0.2, 0) is 6.42 Å². The van der Waals surface area contributed by atoms with Crippen LogP contribution in [0.25, 0.3) is 0 Å². The molecule has 2 heterocycles. The Labute approximate surface area is 296 Å². The molecule has 0 radical (unpaired) electrons. The molecule has 0 bridgehead atoms. The summed E-state index contributed by atoms with van der Waals surface area (Å²) in [5.41, 5.74) is 5.73. The lowest BCUT2D eigenvalue weighted by molar-refractivity contribution is 0.212. The second kappa shape index (κ2) is 11.4. The second-order valence-corrected chi connectivity index (χ2v) is 13.6. The Kier molecular flexibility index (Phi) is 6.88. The zero-order chi connectivity index (χ0) is 36.0. The number of fused-ring (bicyclic) bond motifs is 4. The highest BCUT2D eigenvalue weighted by Crippen LogP contribution is 2.63. The minimum atomic E-state index is -0.705. The molecule has 10 nitrogen and oxygen atoms in total. The van der Waals surface area contributed by atoms with Crippen LogP contribution in [0.15, 0.2) is 103 Å². The molecular weight excluding hydrogens is 664 g/mol. The Hall–Kier alpha value is -6.68. The second-order valence-electron chi connectivity index (χ2n) is 13.6. The van der Waals surface area contributed by atoms with Crippen LogP contribution in [0.5, 0.6) is 57.5 Å². The van der Waals surface area contributed by atoms with Gasteiger partial charge >= 0.3 is 0 Å². The molecule has 8 N–H and O–H groups in total. The predicted molar refractivity (Wildman–Crippen MR) is 188 cm³/mol. The van der Waals surface area contributed by atoms with Crippen molar-refractivity contribution < 1.29 is 50.3 Å². The Morgan fingerprint density at radius 1 is 0.404 bits per heavy atom. The molecule has 0 amide bonds. The molecule has 0 unspecified atom stereocenters. The van der Waals surface area contributed by atoms with Crippen LogP contribution in [-0.4, -0.2) is 40.9 Å². The Morgan fingerprint density at radius 2 is 0.923 bits per heavy atom. The van der Waals surface area contributed by atoms with Crippen LogP contribution in [0.2, 0.25) is 0 Å². The highest BCUT2D eigenvalue weighted by atomic mass is 16.5. The molecule has 10 heteroatoms. The van der Waals surface area contributed by atoms with Crippen LogP contribution in [0.1, 0.15) is 80.0 Å². The van der Waals surface area contributed by atoms with Crippen molar-refractivity contribution in [3.05, 3.63) is 153 Å². The van der Waals surface area contributed by atoms with Crippen molar-refractivity contribution in [2.24, 2.45) is 0 Å². The first-order chi connectivity index (χ1) is 25.0. The fraction of sp³-hybridized carbons (Fsp3) is 0.143. The summed E-state index contributed by atoms with van der Waals surface area (Å²) in [4.78, 5) is 0. The van der Waals surface area contributed by atoms with Gasteiger partial charge in [-0.25, -0.2) is 0 Å². The zero-order valence-corrected chi connectivity index (χ0v) is 27.3. The lowest BCUT2D eigenvalue weighted by atomic mass is 9.77. The van der Waals surface area contributed by atoms with Gasteiger partial charge in [-0.2, -0.15) is 0 Å². The molecule has 52 heavy (non-hydrogen) atoms. The Bertz CT molecular complexity index is 2380. The van der Waals surface area contributed by atoms with Crippen LogP contribution in [0.4, 0.5) is 0 Å². The van der Waals surface area contributed by atoms with E-state index < -0.39 is 30.0 Å². The molecule has 6 aromatic carbocycles. The monoisotopic (exact) mass is 696 g/mol. The maximum atomic E-state index is 11.7. The summed E-state index contributed by atoms with van der Waals surface area (Å²) in [6, 6.07) is 26.6. The fourth-order valence-corrected chi connectivity index (χ4v) is 8.51. The Balaban J connectivity index is 1.36. The summed E-state index contributed by atoms with van der Waals surface area (Å²) in [7, 11) is 0. The van der Waals surface area contributed by atoms with Gasteiger partial charge in [-0.15, -0.1) is 0 Å². The third kappa shape index (κ3) is 4.86. The number of aromatic hydroxyl groups is 8. The Morgan fingerprint density at radius 3 is 1.52 bits per heavy atom. The van der Waals surface area contributed by atoms with E-state index in [2.05, 4.69) is 0 Å². The van der Waals surface area contributed by atoms with Gasteiger partial charge < -0.3 is 50.3 Å². The molecule has 0 saturated carbocycles. The molecule has 260 valence electrons. The van der Waals surface area contributed by atoms with Crippen LogP contribution in [0.3, 0.4) is 0 Å². The predicted octanol–water partition coefficient (Wildman–Crippen LogP) is 7.55. The van der Waals surface area contributed by atoms with E-state index in [1.165, 1.54) is 24.3 Å². The van der Waals surface area contributed by atoms with Gasteiger partial charge in [0.05, 0.1) is 11.8 Å². The van der Waals surface area contributed by atoms with E-state index in [0.29, 0.717) is 33.8 Å². The molecule has 6 aromatic rings. The van der Waals surface area contributed by atoms with Crippen molar-refractivity contribution >= 4 is 0 Å². The summed E-state index contributed by atoms with van der Waals surface area (Å²) in [6.45, 7) is 0. The topological polar surface area (TPSA) is 180 Å². The van der Waals surface area contributed by atoms with Crippen molar-refractivity contribution in [2.45, 2.75) is 36.4 Å². The molecule has 2 aliphatic heterocycles. The highest BCUT2D eigenvalue weighted by Gasteiger charge is 2.49. The van der Waals surface area contributed by atoms with Crippen LogP contribution < -0.4 is 9.47 Å². The standard InChI is InChI=1S/C42H32O10/c43-22-5-1-19(2-6-22)41-36(21-11-25(46)13-26(47)12-21)38-31-17-29(28-10-9-24(45)15-32(28)49)37-30(14-27(48)16-33(37)50)40-39(31)35(18-34(38)51-41)52-42(40)20-3-7-23(44)8-4-20/h1-16,18,29,36,40-50H,17H2/t29-,36-,40-,41+,42+/m0/s1. The maximum Gasteiger partial charge on any atom is 0.135 e. The number of rotatable bonds is 4. The molecule has 0 aromatic heterocycles. The minimum absolute atomic E-state index is 0.0734. The average Bonchev–Trinajstić information content (AvgIpc) is 3.62. The summed E-state index contributed by atoms with van der Waals surface area (Å²) in [5, 5.41) is 85.8. The fourth-order valence-electron chi connectivity index (χ4n) is 8.51. The summed E-state index contributed by atoms with van der Waals surface area (Å²) in [5.74, 6) is -1.76. The third-order valence-corrected chi connectivity index (χ3v) is 10.6. The first-order valence-corrected chi connectivity index (χ1v) is 16.8. The van der Waals surface area contributed by atoms with Crippen LogP contribution >= 0.6 is 0 Å². The van der Waals surface area contributed by atoms with Gasteiger partial charge in [0, 0.05) is 52.4 Å². The lowest BCUT2D eigenvalue weighted by Gasteiger charge is -2.25. The van der Waals surface area contributed by atoms with Gasteiger partial charge in [-0.05, 0) is 82.8 Å². The van der Waals surface area contributed by atoms with Gasteiger partial charge in [0.2, 0.25) is 0 Å². The van der Waals surface area contributed by atoms with Gasteiger partial charge in [-0.1, -0.05) is 30.3 Å². The number of hydrogen-bond donors (Lipinski definition) is 8. The number of phenols is 8. The zero-order valence-electron chi connectivity index (χ0n) is 27.3. The average molecular weight is 697 g/mol. The minimum Gasteiger partial charge on any atom is -0.508 e. The van der Waals surface area contributed by atoms with E-state index >= 15 is 0 Å². The first-order valence-electron chi connectivity index (χ1n) is 16.8. The number of benzene rings is 6. The molecule has 3 aliphatic rings. The summed E-state index contributed by atoms with van der Waals surface area (Å²) in [6.07, 6.45) is -1.16. The number of ether oxygens (including phenoxy) is 2. The van der Waals surface area contributed by atoms with Gasteiger partial charge in [0.25, 0.3) is 0 Å². The molecule has 0 fully saturated rings. The van der Waals surface area contributed by atoms with Crippen molar-refractivity contribution in [2.75, 3.05) is 0 Å². The molecule has 0 spiro atoms. The summed E-state index contributed by atoms with van der Waals surface area (Å²) < 4.78 is 13.5. The highest BCUT2D eigenvalue weighted by molar-refractivity contribution is 5.69. The van der Waals surface area contributed by atoms with Gasteiger partial charge in [0.1, 0.15) is 69.7 Å². The quantitative estimate of drug-likeness (QED) is 0.0917. The van der Waals surface area contributed by atoms with Gasteiger partial charge in [0.15, 0.2) is 0 Å². The third-order valence-electron chi connectivity index (χ3n) is 10.6. The smallest absolute Gasteiger partial charge is 0.135 e. The molecular formula is C42H32O10. The van der Waals surface area contributed by atoms with Crippen molar-refractivity contribution in [1.29, 1.82) is 0 Å². The number of hydrogen-bond acceptors (Lipinski definition) is 10. The molecule has 9 rings (SSSR count). The van der Waals surface area contributed by atoms with E-state index in [-0.39, 0.29) is 52.4 Å². The van der Waals surface area contributed by atoms with Crippen molar-refractivity contribution in [3.63, 3.8) is 0 Å². The van der Waals surface area contributed by atoms with E-state index in [9.17, 15) is 40.9 Å². The normalized spacial score (nSPS) is 21.0. The number of phenolic OH excluding ortho intramolecular Hbond substituents is 8. The van der Waals surface area contributed by atoms with Crippen molar-refractivity contribution in [1.82, 2.24) is 0 Å². The maximum absolute atomic E-state index is 11.7. The largest absolute Gasteiger partial charge is 0.508 e. The molecule has 1 aliphatic carbocycles. The van der Waals surface area contributed by atoms with E-state index in [4.69, 9.17) is 9.47 Å². The molecule has 0 saturated heterocycles. The SMILES string of the molecule is Oc1ccc([C@H]2Oc3cc4c5c(c3[C@@H]2c2cc(O)cc(O)c2)C[C@@H](c2ccc(O)cc2O)c2c(O)cc(O)cc2[C@@H]5[C@@H](c2ccc(O)cc2)O4)cc1. The summed E-state index contributed by atoms with van der Waals surface area (Å²) >= 11 is 0.